The van der Waals surface area contributed by atoms with Crippen LogP contribution in [-0.2, 0) is 4.74 Å². The molecule has 5 nitrogen and oxygen atoms in total. The standard InChI is InChI=1S/C13H16FN3O2/c1-3-11(18-4-2)12-16-13(19-17-12)9-7-8(14)5-6-10(9)15/h5-7,11H,3-4,15H2,1-2H3. The summed E-state index contributed by atoms with van der Waals surface area (Å²) in [7, 11) is 0. The molecular formula is C13H16FN3O2. The number of nitrogens with zero attached hydrogens (tertiary/aromatic N) is 2. The first-order chi connectivity index (χ1) is 9.15. The van der Waals surface area contributed by atoms with E-state index in [0.29, 0.717) is 23.7 Å². The van der Waals surface area contributed by atoms with Gasteiger partial charge in [0.1, 0.15) is 11.9 Å². The van der Waals surface area contributed by atoms with Crippen molar-refractivity contribution < 1.29 is 13.7 Å². The first-order valence-corrected chi connectivity index (χ1v) is 6.16. The van der Waals surface area contributed by atoms with E-state index in [0.717, 1.165) is 6.42 Å². The van der Waals surface area contributed by atoms with Crippen molar-refractivity contribution in [2.24, 2.45) is 0 Å². The number of nitrogens with two attached hydrogens (primary N) is 1. The monoisotopic (exact) mass is 265 g/mol. The van der Waals surface area contributed by atoms with Crippen LogP contribution in [0.3, 0.4) is 0 Å². The maximum atomic E-state index is 13.2. The highest BCUT2D eigenvalue weighted by molar-refractivity contribution is 5.70. The summed E-state index contributed by atoms with van der Waals surface area (Å²) < 4.78 is 23.8. The van der Waals surface area contributed by atoms with Gasteiger partial charge >= 0.3 is 0 Å². The number of anilines is 1. The van der Waals surface area contributed by atoms with E-state index in [1.165, 1.54) is 18.2 Å². The van der Waals surface area contributed by atoms with Crippen LogP contribution < -0.4 is 5.73 Å². The molecule has 0 radical (unpaired) electrons. The molecule has 0 saturated carbocycles. The van der Waals surface area contributed by atoms with E-state index >= 15 is 0 Å². The molecule has 1 heterocycles. The summed E-state index contributed by atoms with van der Waals surface area (Å²) in [5.74, 6) is 0.244. The number of nitrogen functional groups attached to an aromatic ring is 1. The number of aromatic nitrogens is 2. The highest BCUT2D eigenvalue weighted by Gasteiger charge is 2.19. The van der Waals surface area contributed by atoms with E-state index in [2.05, 4.69) is 10.1 Å². The highest BCUT2D eigenvalue weighted by Crippen LogP contribution is 2.27. The van der Waals surface area contributed by atoms with Gasteiger partial charge in [-0.25, -0.2) is 4.39 Å². The van der Waals surface area contributed by atoms with E-state index < -0.39 is 5.82 Å². The smallest absolute Gasteiger partial charge is 0.260 e. The predicted octanol–water partition coefficient (Wildman–Crippen LogP) is 2.95. The number of ether oxygens (including phenoxy) is 1. The van der Waals surface area contributed by atoms with Gasteiger partial charge in [0.2, 0.25) is 5.82 Å². The Labute approximate surface area is 110 Å². The van der Waals surface area contributed by atoms with E-state index in [9.17, 15) is 4.39 Å². The summed E-state index contributed by atoms with van der Waals surface area (Å²) in [6.45, 7) is 4.42. The lowest BCUT2D eigenvalue weighted by molar-refractivity contribution is 0.0518. The van der Waals surface area contributed by atoms with E-state index in [4.69, 9.17) is 15.0 Å². The van der Waals surface area contributed by atoms with Crippen LogP contribution in [0.2, 0.25) is 0 Å². The molecule has 2 aromatic rings. The van der Waals surface area contributed by atoms with Crippen molar-refractivity contribution >= 4 is 5.69 Å². The first kappa shape index (κ1) is 13.5. The third-order valence-electron chi connectivity index (χ3n) is 2.71. The van der Waals surface area contributed by atoms with Crippen LogP contribution >= 0.6 is 0 Å². The minimum absolute atomic E-state index is 0.199. The molecule has 0 fully saturated rings. The zero-order valence-corrected chi connectivity index (χ0v) is 10.9. The summed E-state index contributed by atoms with van der Waals surface area (Å²) in [5, 5.41) is 3.86. The average Bonchev–Trinajstić information content (AvgIpc) is 2.88. The molecule has 0 spiro atoms. The van der Waals surface area contributed by atoms with Crippen molar-refractivity contribution in [3.05, 3.63) is 29.8 Å². The van der Waals surface area contributed by atoms with Crippen LogP contribution in [0.4, 0.5) is 10.1 Å². The van der Waals surface area contributed by atoms with Crippen LogP contribution in [0.15, 0.2) is 22.7 Å². The number of hydrogen-bond acceptors (Lipinski definition) is 5. The van der Waals surface area contributed by atoms with Gasteiger partial charge in [0, 0.05) is 12.3 Å². The summed E-state index contributed by atoms with van der Waals surface area (Å²) in [5.41, 5.74) is 6.56. The zero-order chi connectivity index (χ0) is 13.8. The number of halogens is 1. The Morgan fingerprint density at radius 2 is 2.21 bits per heavy atom. The Balaban J connectivity index is 2.32. The fraction of sp³-hybridized carbons (Fsp3) is 0.385. The van der Waals surface area contributed by atoms with Gasteiger partial charge in [-0.05, 0) is 31.5 Å². The molecule has 0 aliphatic heterocycles. The minimum atomic E-state index is -0.402. The van der Waals surface area contributed by atoms with Crippen LogP contribution in [-0.4, -0.2) is 16.7 Å². The summed E-state index contributed by atoms with van der Waals surface area (Å²) in [6.07, 6.45) is 0.503. The topological polar surface area (TPSA) is 74.2 Å². The second kappa shape index (κ2) is 5.79. The van der Waals surface area contributed by atoms with Gasteiger partial charge < -0.3 is 15.0 Å². The number of benzene rings is 1. The summed E-state index contributed by atoms with van der Waals surface area (Å²) in [4.78, 5) is 4.22. The normalized spacial score (nSPS) is 12.6. The van der Waals surface area contributed by atoms with Crippen LogP contribution in [0.1, 0.15) is 32.2 Å². The molecule has 0 amide bonds. The zero-order valence-electron chi connectivity index (χ0n) is 10.9. The lowest BCUT2D eigenvalue weighted by atomic mass is 10.2. The van der Waals surface area contributed by atoms with Gasteiger partial charge in [-0.1, -0.05) is 12.1 Å². The van der Waals surface area contributed by atoms with E-state index in [1.54, 1.807) is 0 Å². The van der Waals surface area contributed by atoms with Gasteiger partial charge in [-0.15, -0.1) is 0 Å². The molecule has 6 heteroatoms. The molecule has 1 aromatic carbocycles. The predicted molar refractivity (Wildman–Crippen MR) is 68.8 cm³/mol. The van der Waals surface area contributed by atoms with Crippen molar-refractivity contribution in [2.45, 2.75) is 26.4 Å². The van der Waals surface area contributed by atoms with Crippen LogP contribution in [0, 0.1) is 5.82 Å². The van der Waals surface area contributed by atoms with Crippen molar-refractivity contribution in [1.82, 2.24) is 10.1 Å². The van der Waals surface area contributed by atoms with Gasteiger partial charge in [-0.2, -0.15) is 4.98 Å². The van der Waals surface area contributed by atoms with E-state index in [-0.39, 0.29) is 12.0 Å². The van der Waals surface area contributed by atoms with Gasteiger partial charge in [0.15, 0.2) is 0 Å². The summed E-state index contributed by atoms with van der Waals surface area (Å²) >= 11 is 0. The molecular weight excluding hydrogens is 249 g/mol. The van der Waals surface area contributed by atoms with Crippen LogP contribution in [0.5, 0.6) is 0 Å². The lowest BCUT2D eigenvalue weighted by Gasteiger charge is -2.09. The van der Waals surface area contributed by atoms with Gasteiger partial charge in [0.25, 0.3) is 5.89 Å². The molecule has 1 atom stereocenters. The maximum Gasteiger partial charge on any atom is 0.260 e. The fourth-order valence-corrected chi connectivity index (χ4v) is 1.76. The molecule has 0 aliphatic carbocycles. The summed E-state index contributed by atoms with van der Waals surface area (Å²) in [6, 6.07) is 4.02. The molecule has 0 aliphatic rings. The van der Waals surface area contributed by atoms with Crippen LogP contribution in [0.25, 0.3) is 11.5 Å². The SMILES string of the molecule is CCOC(CC)c1noc(-c2cc(F)ccc2N)n1. The number of rotatable bonds is 5. The second-order valence-corrected chi connectivity index (χ2v) is 4.04. The van der Waals surface area contributed by atoms with Crippen molar-refractivity contribution in [3.63, 3.8) is 0 Å². The Hall–Kier alpha value is -1.95. The second-order valence-electron chi connectivity index (χ2n) is 4.04. The molecule has 19 heavy (non-hydrogen) atoms. The molecule has 2 rings (SSSR count). The average molecular weight is 265 g/mol. The largest absolute Gasteiger partial charge is 0.398 e. The number of hydrogen-bond donors (Lipinski definition) is 1. The maximum absolute atomic E-state index is 13.2. The third-order valence-corrected chi connectivity index (χ3v) is 2.71. The molecule has 0 saturated heterocycles. The Kier molecular flexibility index (Phi) is 4.11. The van der Waals surface area contributed by atoms with Gasteiger partial charge in [-0.3, -0.25) is 0 Å². The Morgan fingerprint density at radius 1 is 1.42 bits per heavy atom. The molecule has 0 bridgehead atoms. The van der Waals surface area contributed by atoms with E-state index in [1.807, 2.05) is 13.8 Å². The minimum Gasteiger partial charge on any atom is -0.398 e. The van der Waals surface area contributed by atoms with Gasteiger partial charge in [0.05, 0.1) is 5.56 Å². The van der Waals surface area contributed by atoms with Crippen molar-refractivity contribution in [3.8, 4) is 11.5 Å². The molecule has 102 valence electrons. The first-order valence-electron chi connectivity index (χ1n) is 6.16. The van der Waals surface area contributed by atoms with Crippen molar-refractivity contribution in [1.29, 1.82) is 0 Å². The highest BCUT2D eigenvalue weighted by atomic mass is 19.1. The van der Waals surface area contributed by atoms with Crippen molar-refractivity contribution in [2.75, 3.05) is 12.3 Å². The fourth-order valence-electron chi connectivity index (χ4n) is 1.76. The molecule has 1 unspecified atom stereocenters. The quantitative estimate of drug-likeness (QED) is 0.841. The third kappa shape index (κ3) is 2.90. The Bertz CT molecular complexity index is 557. The molecule has 2 N–H and O–H groups in total. The Morgan fingerprint density at radius 3 is 2.89 bits per heavy atom. The molecule has 1 aromatic heterocycles. The lowest BCUT2D eigenvalue weighted by Crippen LogP contribution is -2.04.